The summed E-state index contributed by atoms with van der Waals surface area (Å²) >= 11 is 3.26. The zero-order valence-corrected chi connectivity index (χ0v) is 11.9. The predicted molar refractivity (Wildman–Crippen MR) is 75.7 cm³/mol. The SMILES string of the molecule is CCN(C(=O)c1cccnc1Br)c1ccc(F)cc1. The van der Waals surface area contributed by atoms with E-state index < -0.39 is 0 Å². The van der Waals surface area contributed by atoms with Crippen molar-refractivity contribution in [2.75, 3.05) is 11.4 Å². The van der Waals surface area contributed by atoms with E-state index in [0.717, 1.165) is 0 Å². The number of rotatable bonds is 3. The molecule has 0 aliphatic rings. The monoisotopic (exact) mass is 322 g/mol. The van der Waals surface area contributed by atoms with Gasteiger partial charge in [0.2, 0.25) is 0 Å². The summed E-state index contributed by atoms with van der Waals surface area (Å²) in [4.78, 5) is 18.0. The maximum atomic E-state index is 12.9. The van der Waals surface area contributed by atoms with Gasteiger partial charge in [0.1, 0.15) is 10.4 Å². The third-order valence-corrected chi connectivity index (χ3v) is 3.32. The van der Waals surface area contributed by atoms with Crippen LogP contribution in [0, 0.1) is 5.82 Å². The fraction of sp³-hybridized carbons (Fsp3) is 0.143. The summed E-state index contributed by atoms with van der Waals surface area (Å²) in [5.41, 5.74) is 1.14. The summed E-state index contributed by atoms with van der Waals surface area (Å²) in [6.45, 7) is 2.36. The summed E-state index contributed by atoms with van der Waals surface area (Å²) in [6, 6.07) is 9.25. The van der Waals surface area contributed by atoms with Gasteiger partial charge in [0.05, 0.1) is 5.56 Å². The topological polar surface area (TPSA) is 33.2 Å². The van der Waals surface area contributed by atoms with Crippen molar-refractivity contribution < 1.29 is 9.18 Å². The van der Waals surface area contributed by atoms with Crippen LogP contribution in [0.5, 0.6) is 0 Å². The molecule has 0 bridgehead atoms. The number of pyridine rings is 1. The highest BCUT2D eigenvalue weighted by atomic mass is 79.9. The zero-order chi connectivity index (χ0) is 13.8. The summed E-state index contributed by atoms with van der Waals surface area (Å²) in [5.74, 6) is -0.496. The first-order chi connectivity index (χ1) is 9.13. The largest absolute Gasteiger partial charge is 0.309 e. The van der Waals surface area contributed by atoms with Crippen LogP contribution < -0.4 is 4.90 Å². The minimum atomic E-state index is -0.324. The minimum absolute atomic E-state index is 0.172. The Hall–Kier alpha value is -1.75. The minimum Gasteiger partial charge on any atom is -0.309 e. The van der Waals surface area contributed by atoms with Gasteiger partial charge in [0.25, 0.3) is 5.91 Å². The number of anilines is 1. The molecule has 0 atom stereocenters. The van der Waals surface area contributed by atoms with E-state index >= 15 is 0 Å². The summed E-state index contributed by atoms with van der Waals surface area (Å²) in [5, 5.41) is 0. The van der Waals surface area contributed by atoms with Gasteiger partial charge in [-0.15, -0.1) is 0 Å². The molecule has 0 fully saturated rings. The second-order valence-electron chi connectivity index (χ2n) is 3.87. The van der Waals surface area contributed by atoms with Gasteiger partial charge in [-0.2, -0.15) is 0 Å². The van der Waals surface area contributed by atoms with Crippen molar-refractivity contribution in [3.8, 4) is 0 Å². The molecule has 0 spiro atoms. The Morgan fingerprint density at radius 3 is 2.58 bits per heavy atom. The first-order valence-electron chi connectivity index (χ1n) is 5.81. The van der Waals surface area contributed by atoms with Crippen molar-refractivity contribution in [1.29, 1.82) is 0 Å². The highest BCUT2D eigenvalue weighted by Crippen LogP contribution is 2.20. The lowest BCUT2D eigenvalue weighted by molar-refractivity contribution is 0.0987. The van der Waals surface area contributed by atoms with Crippen molar-refractivity contribution in [1.82, 2.24) is 4.98 Å². The number of carbonyl (C=O) groups is 1. The van der Waals surface area contributed by atoms with Crippen LogP contribution in [-0.2, 0) is 0 Å². The van der Waals surface area contributed by atoms with Crippen LogP contribution in [0.1, 0.15) is 17.3 Å². The van der Waals surface area contributed by atoms with Crippen LogP contribution in [-0.4, -0.2) is 17.4 Å². The molecule has 3 nitrogen and oxygen atoms in total. The predicted octanol–water partition coefficient (Wildman–Crippen LogP) is 3.65. The molecule has 1 amide bonds. The zero-order valence-electron chi connectivity index (χ0n) is 10.3. The number of aromatic nitrogens is 1. The molecule has 2 rings (SSSR count). The Balaban J connectivity index is 2.35. The third-order valence-electron chi connectivity index (χ3n) is 2.69. The van der Waals surface area contributed by atoms with Crippen molar-refractivity contribution in [3.05, 3.63) is 58.6 Å². The van der Waals surface area contributed by atoms with E-state index in [1.807, 2.05) is 6.92 Å². The molecule has 1 aromatic carbocycles. The highest BCUT2D eigenvalue weighted by Gasteiger charge is 2.18. The average Bonchev–Trinajstić information content (AvgIpc) is 2.42. The van der Waals surface area contributed by atoms with E-state index in [-0.39, 0.29) is 11.7 Å². The van der Waals surface area contributed by atoms with E-state index in [1.165, 1.54) is 12.1 Å². The average molecular weight is 323 g/mol. The Kier molecular flexibility index (Phi) is 4.27. The number of benzene rings is 1. The molecule has 0 N–H and O–H groups in total. The molecule has 5 heteroatoms. The van der Waals surface area contributed by atoms with Crippen LogP contribution in [0.25, 0.3) is 0 Å². The number of hydrogen-bond donors (Lipinski definition) is 0. The molecule has 0 aliphatic heterocycles. The van der Waals surface area contributed by atoms with E-state index in [4.69, 9.17) is 0 Å². The first-order valence-corrected chi connectivity index (χ1v) is 6.60. The lowest BCUT2D eigenvalue weighted by Crippen LogP contribution is -2.31. The summed E-state index contributed by atoms with van der Waals surface area (Å²) in [6.07, 6.45) is 1.61. The van der Waals surface area contributed by atoms with Gasteiger partial charge in [0.15, 0.2) is 0 Å². The second kappa shape index (κ2) is 5.93. The molecular formula is C14H12BrFN2O. The maximum absolute atomic E-state index is 12.9. The lowest BCUT2D eigenvalue weighted by Gasteiger charge is -2.21. The Bertz CT molecular complexity index is 586. The molecule has 19 heavy (non-hydrogen) atoms. The van der Waals surface area contributed by atoms with E-state index in [9.17, 15) is 9.18 Å². The van der Waals surface area contributed by atoms with Gasteiger partial charge in [-0.25, -0.2) is 9.37 Å². The molecule has 2 aromatic rings. The number of halogens is 2. The van der Waals surface area contributed by atoms with Gasteiger partial charge in [0, 0.05) is 18.4 Å². The van der Waals surface area contributed by atoms with Gasteiger partial charge in [-0.3, -0.25) is 4.79 Å². The van der Waals surface area contributed by atoms with Crippen LogP contribution in [0.3, 0.4) is 0 Å². The van der Waals surface area contributed by atoms with E-state index in [0.29, 0.717) is 22.4 Å². The van der Waals surface area contributed by atoms with Gasteiger partial charge >= 0.3 is 0 Å². The number of nitrogens with zero attached hydrogens (tertiary/aromatic N) is 2. The number of hydrogen-bond acceptors (Lipinski definition) is 2. The van der Waals surface area contributed by atoms with Gasteiger partial charge < -0.3 is 4.90 Å². The van der Waals surface area contributed by atoms with E-state index in [1.54, 1.807) is 35.4 Å². The molecule has 0 aliphatic carbocycles. The Labute approximate surface area is 119 Å². The molecular weight excluding hydrogens is 311 g/mol. The van der Waals surface area contributed by atoms with Crippen LogP contribution in [0.2, 0.25) is 0 Å². The van der Waals surface area contributed by atoms with Crippen LogP contribution in [0.15, 0.2) is 47.2 Å². The first kappa shape index (κ1) is 13.7. The molecule has 1 heterocycles. The normalized spacial score (nSPS) is 10.3. The smallest absolute Gasteiger partial charge is 0.261 e. The second-order valence-corrected chi connectivity index (χ2v) is 4.62. The Morgan fingerprint density at radius 2 is 2.00 bits per heavy atom. The third kappa shape index (κ3) is 2.98. The lowest BCUT2D eigenvalue weighted by atomic mass is 10.2. The van der Waals surface area contributed by atoms with Gasteiger partial charge in [-0.05, 0) is 59.3 Å². The van der Waals surface area contributed by atoms with Gasteiger partial charge in [-0.1, -0.05) is 0 Å². The number of amides is 1. The summed E-state index contributed by atoms with van der Waals surface area (Å²) < 4.78 is 13.4. The maximum Gasteiger partial charge on any atom is 0.261 e. The summed E-state index contributed by atoms with van der Waals surface area (Å²) in [7, 11) is 0. The molecule has 98 valence electrons. The van der Waals surface area contributed by atoms with Crippen molar-refractivity contribution in [2.45, 2.75) is 6.92 Å². The standard InChI is InChI=1S/C14H12BrFN2O/c1-2-18(11-7-5-10(16)6-8-11)14(19)12-4-3-9-17-13(12)15/h3-9H,2H2,1H3. The highest BCUT2D eigenvalue weighted by molar-refractivity contribution is 9.10. The van der Waals surface area contributed by atoms with E-state index in [2.05, 4.69) is 20.9 Å². The Morgan fingerprint density at radius 1 is 1.32 bits per heavy atom. The fourth-order valence-electron chi connectivity index (χ4n) is 1.76. The quantitative estimate of drug-likeness (QED) is 0.808. The fourth-order valence-corrected chi connectivity index (χ4v) is 2.18. The van der Waals surface area contributed by atoms with Crippen molar-refractivity contribution >= 4 is 27.5 Å². The van der Waals surface area contributed by atoms with Crippen molar-refractivity contribution in [2.24, 2.45) is 0 Å². The number of carbonyl (C=O) groups excluding carboxylic acids is 1. The van der Waals surface area contributed by atoms with Crippen molar-refractivity contribution in [3.63, 3.8) is 0 Å². The molecule has 0 unspecified atom stereocenters. The molecule has 0 saturated carbocycles. The molecule has 0 radical (unpaired) electrons. The van der Waals surface area contributed by atoms with Crippen LogP contribution in [0.4, 0.5) is 10.1 Å². The molecule has 0 saturated heterocycles. The van der Waals surface area contributed by atoms with Crippen LogP contribution >= 0.6 is 15.9 Å². The molecule has 1 aromatic heterocycles.